The van der Waals surface area contributed by atoms with Crippen LogP contribution < -0.4 is 5.32 Å². The minimum atomic E-state index is 0.365. The third kappa shape index (κ3) is 3.97. The molecule has 3 nitrogen and oxygen atoms in total. The van der Waals surface area contributed by atoms with Gasteiger partial charge in [-0.05, 0) is 30.0 Å². The first kappa shape index (κ1) is 15.3. The number of benzene rings is 1. The summed E-state index contributed by atoms with van der Waals surface area (Å²) in [5.74, 6) is 1.01. The number of hydrogen-bond acceptors (Lipinski definition) is 3. The third-order valence-corrected chi connectivity index (χ3v) is 4.24. The zero-order valence-corrected chi connectivity index (χ0v) is 13.0. The van der Waals surface area contributed by atoms with Crippen molar-refractivity contribution < 1.29 is 5.11 Å². The lowest BCUT2D eigenvalue weighted by molar-refractivity contribution is 0.0884. The average Bonchev–Trinajstić information content (AvgIpc) is 2.39. The highest BCUT2D eigenvalue weighted by molar-refractivity contribution is 5.27. The molecule has 1 aromatic rings. The van der Waals surface area contributed by atoms with Crippen LogP contribution in [-0.4, -0.2) is 35.2 Å². The monoisotopic (exact) mass is 276 g/mol. The highest BCUT2D eigenvalue weighted by Gasteiger charge is 2.29. The maximum absolute atomic E-state index is 9.62. The molecule has 112 valence electrons. The van der Waals surface area contributed by atoms with Gasteiger partial charge in [0.15, 0.2) is 0 Å². The molecule has 0 spiro atoms. The van der Waals surface area contributed by atoms with Gasteiger partial charge in [0.05, 0.1) is 0 Å². The maximum atomic E-state index is 9.62. The molecule has 3 heteroatoms. The Kier molecular flexibility index (Phi) is 5.44. The summed E-state index contributed by atoms with van der Waals surface area (Å²) >= 11 is 0. The minimum Gasteiger partial charge on any atom is -0.508 e. The molecule has 1 aromatic carbocycles. The van der Waals surface area contributed by atoms with Crippen molar-refractivity contribution in [3.63, 3.8) is 0 Å². The lowest BCUT2D eigenvalue weighted by Crippen LogP contribution is -2.57. The van der Waals surface area contributed by atoms with Gasteiger partial charge in [-0.25, -0.2) is 0 Å². The van der Waals surface area contributed by atoms with Crippen molar-refractivity contribution in [2.75, 3.05) is 13.1 Å². The number of phenols is 1. The van der Waals surface area contributed by atoms with Crippen molar-refractivity contribution in [1.29, 1.82) is 0 Å². The number of nitrogens with zero attached hydrogens (tertiary/aromatic N) is 1. The molecule has 2 unspecified atom stereocenters. The van der Waals surface area contributed by atoms with E-state index in [1.807, 2.05) is 12.1 Å². The number of hydrogen-bond donors (Lipinski definition) is 2. The number of piperazine rings is 1. The fraction of sp³-hybridized carbons (Fsp3) is 0.647. The molecule has 0 saturated carbocycles. The van der Waals surface area contributed by atoms with E-state index in [1.165, 1.54) is 18.4 Å². The minimum absolute atomic E-state index is 0.365. The SMILES string of the molecule is CCCC1CN(Cc2cccc(O)c2)C(C(C)C)CN1. The van der Waals surface area contributed by atoms with E-state index in [0.29, 0.717) is 23.8 Å². The van der Waals surface area contributed by atoms with Crippen LogP contribution in [0.25, 0.3) is 0 Å². The van der Waals surface area contributed by atoms with Crippen molar-refractivity contribution in [2.24, 2.45) is 5.92 Å². The first-order chi connectivity index (χ1) is 9.60. The first-order valence-electron chi connectivity index (χ1n) is 7.85. The molecule has 2 rings (SSSR count). The van der Waals surface area contributed by atoms with Crippen molar-refractivity contribution >= 4 is 0 Å². The van der Waals surface area contributed by atoms with Gasteiger partial charge in [0.1, 0.15) is 5.75 Å². The van der Waals surface area contributed by atoms with Crippen molar-refractivity contribution in [3.8, 4) is 5.75 Å². The third-order valence-electron chi connectivity index (χ3n) is 4.24. The Bertz CT molecular complexity index is 419. The molecule has 1 saturated heterocycles. The molecule has 1 aliphatic rings. The summed E-state index contributed by atoms with van der Waals surface area (Å²) in [6.07, 6.45) is 2.46. The smallest absolute Gasteiger partial charge is 0.115 e. The number of aromatic hydroxyl groups is 1. The van der Waals surface area contributed by atoms with E-state index in [-0.39, 0.29) is 0 Å². The van der Waals surface area contributed by atoms with Crippen LogP contribution in [0.4, 0.5) is 0 Å². The van der Waals surface area contributed by atoms with E-state index < -0.39 is 0 Å². The summed E-state index contributed by atoms with van der Waals surface area (Å²) in [6.45, 7) is 9.94. The Morgan fingerprint density at radius 3 is 2.85 bits per heavy atom. The molecular weight excluding hydrogens is 248 g/mol. The van der Waals surface area contributed by atoms with Gasteiger partial charge in [0.25, 0.3) is 0 Å². The van der Waals surface area contributed by atoms with Crippen LogP contribution >= 0.6 is 0 Å². The topological polar surface area (TPSA) is 35.5 Å². The van der Waals surface area contributed by atoms with Crippen molar-refractivity contribution in [3.05, 3.63) is 29.8 Å². The van der Waals surface area contributed by atoms with E-state index >= 15 is 0 Å². The molecule has 1 aliphatic heterocycles. The van der Waals surface area contributed by atoms with Gasteiger partial charge in [0, 0.05) is 31.7 Å². The lowest BCUT2D eigenvalue weighted by atomic mass is 9.96. The molecule has 1 heterocycles. The van der Waals surface area contributed by atoms with Gasteiger partial charge in [-0.15, -0.1) is 0 Å². The van der Waals surface area contributed by atoms with Crippen LogP contribution in [0.3, 0.4) is 0 Å². The molecular formula is C17H28N2O. The Labute approximate surface area is 123 Å². The quantitative estimate of drug-likeness (QED) is 0.868. The summed E-state index contributed by atoms with van der Waals surface area (Å²) in [4.78, 5) is 2.58. The molecule has 0 aromatic heterocycles. The maximum Gasteiger partial charge on any atom is 0.115 e. The molecule has 0 bridgehead atoms. The second kappa shape index (κ2) is 7.09. The van der Waals surface area contributed by atoms with E-state index in [4.69, 9.17) is 0 Å². The van der Waals surface area contributed by atoms with Crippen molar-refractivity contribution in [2.45, 2.75) is 52.2 Å². The van der Waals surface area contributed by atoms with Crippen LogP contribution in [0.5, 0.6) is 5.75 Å². The van der Waals surface area contributed by atoms with Gasteiger partial charge in [-0.3, -0.25) is 4.90 Å². The lowest BCUT2D eigenvalue weighted by Gasteiger charge is -2.42. The first-order valence-corrected chi connectivity index (χ1v) is 7.85. The number of phenolic OH excluding ortho intramolecular Hbond substituents is 1. The average molecular weight is 276 g/mol. The molecule has 2 atom stereocenters. The number of rotatable bonds is 5. The van der Waals surface area contributed by atoms with Crippen LogP contribution in [-0.2, 0) is 6.54 Å². The highest BCUT2D eigenvalue weighted by atomic mass is 16.3. The van der Waals surface area contributed by atoms with Gasteiger partial charge < -0.3 is 10.4 Å². The molecule has 2 N–H and O–H groups in total. The predicted molar refractivity (Wildman–Crippen MR) is 83.8 cm³/mol. The Morgan fingerprint density at radius 2 is 2.20 bits per heavy atom. The second-order valence-electron chi connectivity index (χ2n) is 6.30. The molecule has 0 amide bonds. The number of nitrogens with one attached hydrogen (secondary N) is 1. The van der Waals surface area contributed by atoms with Gasteiger partial charge in [-0.2, -0.15) is 0 Å². The highest BCUT2D eigenvalue weighted by Crippen LogP contribution is 2.21. The fourth-order valence-corrected chi connectivity index (χ4v) is 3.17. The predicted octanol–water partition coefficient (Wildman–Crippen LogP) is 2.99. The summed E-state index contributed by atoms with van der Waals surface area (Å²) in [6, 6.07) is 8.84. The fourth-order valence-electron chi connectivity index (χ4n) is 3.17. The van der Waals surface area contributed by atoms with Gasteiger partial charge >= 0.3 is 0 Å². The standard InChI is InChI=1S/C17H28N2O/c1-4-6-15-12-19(17(10-18-15)13(2)3)11-14-7-5-8-16(20)9-14/h5,7-9,13,15,17-18,20H,4,6,10-12H2,1-3H3. The Balaban J connectivity index is 2.06. The van der Waals surface area contributed by atoms with E-state index in [2.05, 4.69) is 37.1 Å². The summed E-state index contributed by atoms with van der Waals surface area (Å²) < 4.78 is 0. The zero-order chi connectivity index (χ0) is 14.5. The van der Waals surface area contributed by atoms with E-state index in [9.17, 15) is 5.11 Å². The van der Waals surface area contributed by atoms with Gasteiger partial charge in [-0.1, -0.05) is 39.3 Å². The Morgan fingerprint density at radius 1 is 1.40 bits per heavy atom. The molecule has 0 aliphatic carbocycles. The van der Waals surface area contributed by atoms with Crippen molar-refractivity contribution in [1.82, 2.24) is 10.2 Å². The van der Waals surface area contributed by atoms with Crippen LogP contribution in [0.15, 0.2) is 24.3 Å². The normalized spacial score (nSPS) is 24.2. The molecule has 0 radical (unpaired) electrons. The second-order valence-corrected chi connectivity index (χ2v) is 6.30. The Hall–Kier alpha value is -1.06. The van der Waals surface area contributed by atoms with Crippen LogP contribution in [0.2, 0.25) is 0 Å². The van der Waals surface area contributed by atoms with E-state index in [0.717, 1.165) is 19.6 Å². The molecule has 20 heavy (non-hydrogen) atoms. The zero-order valence-electron chi connectivity index (χ0n) is 13.0. The van der Waals surface area contributed by atoms with Crippen LogP contribution in [0.1, 0.15) is 39.2 Å². The summed E-state index contributed by atoms with van der Waals surface area (Å²) in [5.41, 5.74) is 1.20. The summed E-state index contributed by atoms with van der Waals surface area (Å²) in [7, 11) is 0. The largest absolute Gasteiger partial charge is 0.508 e. The molecule has 1 fully saturated rings. The van der Waals surface area contributed by atoms with Gasteiger partial charge in [0.2, 0.25) is 0 Å². The van der Waals surface area contributed by atoms with E-state index in [1.54, 1.807) is 6.07 Å². The summed E-state index contributed by atoms with van der Waals surface area (Å²) in [5, 5.41) is 13.3. The van der Waals surface area contributed by atoms with Crippen LogP contribution in [0, 0.1) is 5.92 Å².